The minimum absolute atomic E-state index is 0.138. The van der Waals surface area contributed by atoms with Gasteiger partial charge in [-0.05, 0) is 19.8 Å². The van der Waals surface area contributed by atoms with E-state index in [0.717, 1.165) is 51.6 Å². The lowest BCUT2D eigenvalue weighted by Gasteiger charge is -2.36. The first-order valence-electron chi connectivity index (χ1n) is 8.84. The number of aliphatic imine (C=N–C) groups is 1. The van der Waals surface area contributed by atoms with E-state index in [4.69, 9.17) is 9.47 Å². The smallest absolute Gasteiger partial charge is 0.191 e. The van der Waals surface area contributed by atoms with Crippen molar-refractivity contribution < 1.29 is 9.47 Å². The summed E-state index contributed by atoms with van der Waals surface area (Å²) in [7, 11) is 3.63. The Morgan fingerprint density at radius 3 is 2.57 bits per heavy atom. The second-order valence-corrected chi connectivity index (χ2v) is 7.20. The highest BCUT2D eigenvalue weighted by Gasteiger charge is 2.34. The van der Waals surface area contributed by atoms with Crippen molar-refractivity contribution >= 4 is 5.96 Å². The van der Waals surface area contributed by atoms with Crippen LogP contribution >= 0.6 is 0 Å². The summed E-state index contributed by atoms with van der Waals surface area (Å²) < 4.78 is 11.2. The molecule has 134 valence electrons. The van der Waals surface area contributed by atoms with Gasteiger partial charge in [-0.3, -0.25) is 9.89 Å². The third-order valence-corrected chi connectivity index (χ3v) is 5.33. The summed E-state index contributed by atoms with van der Waals surface area (Å²) in [6.45, 7) is 11.3. The number of hydrogen-bond acceptors (Lipinski definition) is 4. The molecule has 2 aliphatic heterocycles. The summed E-state index contributed by atoms with van der Waals surface area (Å²) in [5.74, 6) is 1.49. The Morgan fingerprint density at radius 1 is 1.35 bits per heavy atom. The molecule has 2 unspecified atom stereocenters. The number of rotatable bonds is 5. The second-order valence-electron chi connectivity index (χ2n) is 7.20. The maximum atomic E-state index is 5.78. The number of nitrogens with one attached hydrogen (secondary N) is 2. The molecule has 0 aromatic rings. The Kier molecular flexibility index (Phi) is 6.68. The summed E-state index contributed by atoms with van der Waals surface area (Å²) >= 11 is 0. The van der Waals surface area contributed by atoms with Gasteiger partial charge in [0.2, 0.25) is 0 Å². The Morgan fingerprint density at radius 2 is 2.04 bits per heavy atom. The van der Waals surface area contributed by atoms with Gasteiger partial charge in [-0.2, -0.15) is 0 Å². The van der Waals surface area contributed by atoms with Crippen LogP contribution in [-0.2, 0) is 9.47 Å². The van der Waals surface area contributed by atoms with E-state index in [-0.39, 0.29) is 5.60 Å². The van der Waals surface area contributed by atoms with E-state index in [2.05, 4.69) is 41.3 Å². The molecular weight excluding hydrogens is 292 g/mol. The molecule has 6 heteroatoms. The lowest BCUT2D eigenvalue weighted by atomic mass is 9.94. The summed E-state index contributed by atoms with van der Waals surface area (Å²) in [5.41, 5.74) is -0.138. The van der Waals surface area contributed by atoms with Crippen molar-refractivity contribution in [2.24, 2.45) is 10.9 Å². The average Bonchev–Trinajstić information content (AvgIpc) is 2.93. The van der Waals surface area contributed by atoms with Crippen LogP contribution in [-0.4, -0.2) is 75.5 Å². The number of likely N-dealkylation sites (tertiary alicyclic amines) is 1. The molecule has 2 N–H and O–H groups in total. The SMILES string of the molecule is CN=C(NCC1(OC)CCOCC1)NC1CN(C(C)C)CC1C. The van der Waals surface area contributed by atoms with Crippen LogP contribution < -0.4 is 10.6 Å². The zero-order chi connectivity index (χ0) is 16.9. The van der Waals surface area contributed by atoms with Crippen LogP contribution in [0.25, 0.3) is 0 Å². The molecule has 0 bridgehead atoms. The van der Waals surface area contributed by atoms with Crippen LogP contribution in [0.5, 0.6) is 0 Å². The number of nitrogens with zero attached hydrogens (tertiary/aromatic N) is 2. The van der Waals surface area contributed by atoms with Gasteiger partial charge in [-0.1, -0.05) is 6.92 Å². The Balaban J connectivity index is 1.86. The van der Waals surface area contributed by atoms with Gasteiger partial charge in [0.25, 0.3) is 0 Å². The molecule has 0 spiro atoms. The normalized spacial score (nSPS) is 29.0. The van der Waals surface area contributed by atoms with Crippen molar-refractivity contribution in [3.05, 3.63) is 0 Å². The van der Waals surface area contributed by atoms with Crippen LogP contribution in [0.2, 0.25) is 0 Å². The van der Waals surface area contributed by atoms with Gasteiger partial charge < -0.3 is 20.1 Å². The number of methoxy groups -OCH3 is 1. The first-order chi connectivity index (χ1) is 11.0. The van der Waals surface area contributed by atoms with E-state index < -0.39 is 0 Å². The van der Waals surface area contributed by atoms with Crippen molar-refractivity contribution in [3.8, 4) is 0 Å². The molecule has 0 saturated carbocycles. The van der Waals surface area contributed by atoms with E-state index in [0.29, 0.717) is 18.0 Å². The molecule has 23 heavy (non-hydrogen) atoms. The molecule has 0 aromatic carbocycles. The largest absolute Gasteiger partial charge is 0.381 e. The molecule has 2 aliphatic rings. The van der Waals surface area contributed by atoms with Crippen molar-refractivity contribution in [2.75, 3.05) is 47.0 Å². The average molecular weight is 326 g/mol. The van der Waals surface area contributed by atoms with Crippen LogP contribution in [0.1, 0.15) is 33.6 Å². The van der Waals surface area contributed by atoms with E-state index in [1.165, 1.54) is 0 Å². The maximum Gasteiger partial charge on any atom is 0.191 e. The molecule has 6 nitrogen and oxygen atoms in total. The predicted octanol–water partition coefficient (Wildman–Crippen LogP) is 1.08. The van der Waals surface area contributed by atoms with Gasteiger partial charge in [0.15, 0.2) is 5.96 Å². The van der Waals surface area contributed by atoms with Gasteiger partial charge in [0.1, 0.15) is 0 Å². The first kappa shape index (κ1) is 18.5. The quantitative estimate of drug-likeness (QED) is 0.585. The van der Waals surface area contributed by atoms with Gasteiger partial charge in [-0.25, -0.2) is 0 Å². The van der Waals surface area contributed by atoms with E-state index in [1.807, 2.05) is 7.05 Å². The summed E-state index contributed by atoms with van der Waals surface area (Å²) in [4.78, 5) is 6.91. The lowest BCUT2D eigenvalue weighted by Crippen LogP contribution is -2.53. The molecule has 0 aromatic heterocycles. The Bertz CT molecular complexity index is 394. The van der Waals surface area contributed by atoms with Gasteiger partial charge in [-0.15, -0.1) is 0 Å². The molecule has 0 aliphatic carbocycles. The highest BCUT2D eigenvalue weighted by Crippen LogP contribution is 2.23. The van der Waals surface area contributed by atoms with Crippen molar-refractivity contribution in [1.29, 1.82) is 0 Å². The highest BCUT2D eigenvalue weighted by molar-refractivity contribution is 5.80. The van der Waals surface area contributed by atoms with Crippen molar-refractivity contribution in [3.63, 3.8) is 0 Å². The van der Waals surface area contributed by atoms with Crippen LogP contribution in [0, 0.1) is 5.92 Å². The fraction of sp³-hybridized carbons (Fsp3) is 0.941. The summed E-state index contributed by atoms with van der Waals surface area (Å²) in [6, 6.07) is 1.04. The lowest BCUT2D eigenvalue weighted by molar-refractivity contribution is -0.0855. The summed E-state index contributed by atoms with van der Waals surface area (Å²) in [5, 5.41) is 7.05. The zero-order valence-corrected chi connectivity index (χ0v) is 15.4. The summed E-state index contributed by atoms with van der Waals surface area (Å²) in [6.07, 6.45) is 1.85. The van der Waals surface area contributed by atoms with Crippen LogP contribution in [0.15, 0.2) is 4.99 Å². The zero-order valence-electron chi connectivity index (χ0n) is 15.4. The fourth-order valence-electron chi connectivity index (χ4n) is 3.43. The molecule has 2 atom stereocenters. The van der Waals surface area contributed by atoms with E-state index >= 15 is 0 Å². The molecule has 2 heterocycles. The molecule has 2 rings (SSSR count). The van der Waals surface area contributed by atoms with Gasteiger partial charge in [0, 0.05) is 71.9 Å². The highest BCUT2D eigenvalue weighted by atomic mass is 16.5. The number of ether oxygens (including phenoxy) is 2. The van der Waals surface area contributed by atoms with Crippen molar-refractivity contribution in [2.45, 2.75) is 51.3 Å². The topological polar surface area (TPSA) is 58.1 Å². The molecule has 0 radical (unpaired) electrons. The first-order valence-corrected chi connectivity index (χ1v) is 8.84. The van der Waals surface area contributed by atoms with E-state index in [1.54, 1.807) is 7.11 Å². The van der Waals surface area contributed by atoms with Crippen molar-refractivity contribution in [1.82, 2.24) is 15.5 Å². The maximum absolute atomic E-state index is 5.78. The molecule has 2 saturated heterocycles. The molecule has 0 amide bonds. The minimum Gasteiger partial charge on any atom is -0.381 e. The molecule has 2 fully saturated rings. The Labute approximate surface area is 141 Å². The number of hydrogen-bond donors (Lipinski definition) is 2. The van der Waals surface area contributed by atoms with Crippen LogP contribution in [0.3, 0.4) is 0 Å². The minimum atomic E-state index is -0.138. The third-order valence-electron chi connectivity index (χ3n) is 5.33. The number of guanidine groups is 1. The second kappa shape index (κ2) is 8.31. The monoisotopic (exact) mass is 326 g/mol. The molecular formula is C17H34N4O2. The van der Waals surface area contributed by atoms with Crippen LogP contribution in [0.4, 0.5) is 0 Å². The standard InChI is InChI=1S/C17H34N4O2/c1-13(2)21-10-14(3)15(11-21)20-16(18-4)19-12-17(22-5)6-8-23-9-7-17/h13-15H,6-12H2,1-5H3,(H2,18,19,20). The van der Waals surface area contributed by atoms with Gasteiger partial charge >= 0.3 is 0 Å². The van der Waals surface area contributed by atoms with E-state index in [9.17, 15) is 0 Å². The Hall–Kier alpha value is -0.850. The fourth-order valence-corrected chi connectivity index (χ4v) is 3.43. The van der Waals surface area contributed by atoms with Gasteiger partial charge in [0.05, 0.1) is 5.60 Å². The predicted molar refractivity (Wildman–Crippen MR) is 94.0 cm³/mol. The third kappa shape index (κ3) is 4.81.